The van der Waals surface area contributed by atoms with Gasteiger partial charge in [0.25, 0.3) is 0 Å². The highest BCUT2D eigenvalue weighted by Gasteiger charge is 2.40. The number of nitrogens with one attached hydrogen (secondary N) is 1. The van der Waals surface area contributed by atoms with Crippen LogP contribution >= 0.6 is 0 Å². The predicted octanol–water partition coefficient (Wildman–Crippen LogP) is 0.460. The second kappa shape index (κ2) is 8.24. The summed E-state index contributed by atoms with van der Waals surface area (Å²) < 4.78 is 33.8. The van der Waals surface area contributed by atoms with Crippen LogP contribution in [0, 0.1) is 0 Å². The number of hydrogen-bond acceptors (Lipinski definition) is 6. The fourth-order valence-corrected chi connectivity index (χ4v) is 4.95. The lowest BCUT2D eigenvalue weighted by Gasteiger charge is -2.49. The topological polar surface area (TPSA) is 99.2 Å². The maximum atomic E-state index is 12.8. The third kappa shape index (κ3) is 4.67. The molecule has 1 aromatic rings. The molecule has 3 rings (SSSR count). The van der Waals surface area contributed by atoms with E-state index in [0.29, 0.717) is 19.8 Å². The van der Waals surface area contributed by atoms with Crippen molar-refractivity contribution in [3.8, 4) is 0 Å². The highest BCUT2D eigenvalue weighted by molar-refractivity contribution is 7.89. The molecule has 2 N–H and O–H groups in total. The predicted molar refractivity (Wildman–Crippen MR) is 100 cm³/mol. The van der Waals surface area contributed by atoms with Crippen LogP contribution in [-0.4, -0.2) is 87.8 Å². The van der Waals surface area contributed by atoms with E-state index in [2.05, 4.69) is 21.6 Å². The summed E-state index contributed by atoms with van der Waals surface area (Å²) in [7, 11) is -1.72. The number of hydrogen-bond donors (Lipinski definition) is 2. The molecule has 2 heterocycles. The van der Waals surface area contributed by atoms with Gasteiger partial charge in [0, 0.05) is 25.2 Å². The van der Waals surface area contributed by atoms with Gasteiger partial charge >= 0.3 is 5.97 Å². The molecule has 9 heteroatoms. The average molecular weight is 397 g/mol. The molecule has 1 aromatic carbocycles. The number of carboxylic acids is 1. The number of aromatic carboxylic acids is 1. The zero-order chi connectivity index (χ0) is 19.5. The van der Waals surface area contributed by atoms with Crippen molar-refractivity contribution in [2.45, 2.75) is 23.3 Å². The Labute approximate surface area is 160 Å². The Balaban J connectivity index is 1.78. The molecule has 0 bridgehead atoms. The van der Waals surface area contributed by atoms with Crippen LogP contribution in [0.2, 0.25) is 0 Å². The van der Waals surface area contributed by atoms with Crippen LogP contribution in [0.1, 0.15) is 23.2 Å². The van der Waals surface area contributed by atoms with Gasteiger partial charge in [-0.05, 0) is 51.2 Å². The molecule has 0 aromatic heterocycles. The van der Waals surface area contributed by atoms with E-state index in [-0.39, 0.29) is 16.0 Å². The van der Waals surface area contributed by atoms with Gasteiger partial charge in [0.1, 0.15) is 0 Å². The lowest BCUT2D eigenvalue weighted by Crippen LogP contribution is -2.62. The monoisotopic (exact) mass is 397 g/mol. The summed E-state index contributed by atoms with van der Waals surface area (Å²) in [6.45, 7) is 5.03. The average Bonchev–Trinajstić information content (AvgIpc) is 2.69. The number of carboxylic acid groups (broad SMARTS) is 1. The van der Waals surface area contributed by atoms with Gasteiger partial charge in [-0.15, -0.1) is 0 Å². The Hall–Kier alpha value is -1.52. The van der Waals surface area contributed by atoms with Crippen molar-refractivity contribution in [3.63, 3.8) is 0 Å². The van der Waals surface area contributed by atoms with E-state index in [1.807, 2.05) is 0 Å². The number of ether oxygens (including phenoxy) is 1. The summed E-state index contributed by atoms with van der Waals surface area (Å²) in [6.07, 6.45) is 1.75. The lowest BCUT2D eigenvalue weighted by atomic mass is 9.85. The minimum absolute atomic E-state index is 0.0209. The molecule has 0 spiro atoms. The molecule has 0 atom stereocenters. The summed E-state index contributed by atoms with van der Waals surface area (Å²) in [5, 5.41) is 9.11. The molecule has 27 heavy (non-hydrogen) atoms. The second-order valence-corrected chi connectivity index (χ2v) is 9.05. The minimum atomic E-state index is -3.79. The molecule has 150 valence electrons. The summed E-state index contributed by atoms with van der Waals surface area (Å²) in [4.78, 5) is 15.7. The van der Waals surface area contributed by atoms with Gasteiger partial charge in [-0.2, -0.15) is 0 Å². The van der Waals surface area contributed by atoms with Crippen molar-refractivity contribution in [2.75, 3.05) is 53.0 Å². The van der Waals surface area contributed by atoms with Crippen LogP contribution in [0.4, 0.5) is 0 Å². The van der Waals surface area contributed by atoms with Crippen LogP contribution in [-0.2, 0) is 14.8 Å². The van der Waals surface area contributed by atoms with Crippen LogP contribution < -0.4 is 4.72 Å². The molecule has 8 nitrogen and oxygen atoms in total. The van der Waals surface area contributed by atoms with Gasteiger partial charge in [-0.3, -0.25) is 4.90 Å². The summed E-state index contributed by atoms with van der Waals surface area (Å²) in [5.41, 5.74) is -0.284. The molecule has 0 amide bonds. The van der Waals surface area contributed by atoms with E-state index in [4.69, 9.17) is 9.84 Å². The summed E-state index contributed by atoms with van der Waals surface area (Å²) in [5.74, 6) is -1.15. The molecule has 0 radical (unpaired) electrons. The fourth-order valence-electron chi connectivity index (χ4n) is 3.79. The Kier molecular flexibility index (Phi) is 6.17. The third-order valence-corrected chi connectivity index (χ3v) is 6.98. The number of likely N-dealkylation sites (tertiary alicyclic amines) is 1. The first-order valence-electron chi connectivity index (χ1n) is 9.17. The SMILES string of the molecule is CN1CCC(CNS(=O)(=O)c2cccc(C(=O)O)c2)(N2CCOCC2)CC1. The first kappa shape index (κ1) is 20.2. The first-order valence-corrected chi connectivity index (χ1v) is 10.7. The number of benzene rings is 1. The quantitative estimate of drug-likeness (QED) is 0.719. The third-order valence-electron chi connectivity index (χ3n) is 5.58. The Morgan fingerprint density at radius 3 is 2.52 bits per heavy atom. The highest BCUT2D eigenvalue weighted by atomic mass is 32.2. The number of nitrogens with zero attached hydrogens (tertiary/aromatic N) is 2. The van der Waals surface area contributed by atoms with Gasteiger partial charge in [0.15, 0.2) is 0 Å². The van der Waals surface area contributed by atoms with E-state index >= 15 is 0 Å². The summed E-state index contributed by atoms with van der Waals surface area (Å²) in [6, 6.07) is 5.45. The molecule has 0 aliphatic carbocycles. The van der Waals surface area contributed by atoms with E-state index in [1.165, 1.54) is 24.3 Å². The number of morpholine rings is 1. The molecule has 2 saturated heterocycles. The lowest BCUT2D eigenvalue weighted by molar-refractivity contribution is -0.0427. The standard InChI is InChI=1S/C18H27N3O5S/c1-20-7-5-18(6-8-20,21-9-11-26-12-10-21)14-19-27(24,25)16-4-2-3-15(13-16)17(22)23/h2-4,13,19H,5-12,14H2,1H3,(H,22,23). The van der Waals surface area contributed by atoms with E-state index in [0.717, 1.165) is 39.0 Å². The minimum Gasteiger partial charge on any atom is -0.478 e. The number of sulfonamides is 1. The second-order valence-electron chi connectivity index (χ2n) is 7.28. The molecule has 2 aliphatic rings. The molecular formula is C18H27N3O5S. The van der Waals surface area contributed by atoms with Crippen molar-refractivity contribution < 1.29 is 23.1 Å². The fraction of sp³-hybridized carbons (Fsp3) is 0.611. The van der Waals surface area contributed by atoms with Crippen molar-refractivity contribution in [2.24, 2.45) is 0 Å². The number of piperidine rings is 1. The van der Waals surface area contributed by atoms with E-state index in [1.54, 1.807) is 0 Å². The Morgan fingerprint density at radius 2 is 1.89 bits per heavy atom. The Morgan fingerprint density at radius 1 is 1.22 bits per heavy atom. The van der Waals surface area contributed by atoms with Crippen molar-refractivity contribution in [3.05, 3.63) is 29.8 Å². The molecule has 2 aliphatic heterocycles. The molecular weight excluding hydrogens is 370 g/mol. The zero-order valence-corrected chi connectivity index (χ0v) is 16.4. The van der Waals surface area contributed by atoms with Crippen molar-refractivity contribution >= 4 is 16.0 Å². The zero-order valence-electron chi connectivity index (χ0n) is 15.6. The number of carbonyl (C=O) groups is 1. The molecule has 0 saturated carbocycles. The van der Waals surface area contributed by atoms with Gasteiger partial charge < -0.3 is 14.7 Å². The highest BCUT2D eigenvalue weighted by Crippen LogP contribution is 2.29. The van der Waals surface area contributed by atoms with E-state index in [9.17, 15) is 13.2 Å². The first-order chi connectivity index (χ1) is 12.8. The maximum Gasteiger partial charge on any atom is 0.335 e. The Bertz CT molecular complexity index is 769. The van der Waals surface area contributed by atoms with Gasteiger partial charge in [0.2, 0.25) is 10.0 Å². The smallest absolute Gasteiger partial charge is 0.335 e. The molecule has 2 fully saturated rings. The largest absolute Gasteiger partial charge is 0.478 e. The van der Waals surface area contributed by atoms with Crippen LogP contribution in [0.15, 0.2) is 29.2 Å². The van der Waals surface area contributed by atoms with Crippen molar-refractivity contribution in [1.82, 2.24) is 14.5 Å². The normalized spacial score (nSPS) is 21.8. The van der Waals surface area contributed by atoms with Crippen molar-refractivity contribution in [1.29, 1.82) is 0 Å². The van der Waals surface area contributed by atoms with Gasteiger partial charge in [-0.1, -0.05) is 6.07 Å². The molecule has 0 unspecified atom stereocenters. The van der Waals surface area contributed by atoms with Crippen LogP contribution in [0.3, 0.4) is 0 Å². The maximum absolute atomic E-state index is 12.8. The number of rotatable bonds is 6. The van der Waals surface area contributed by atoms with Crippen LogP contribution in [0.5, 0.6) is 0 Å². The van der Waals surface area contributed by atoms with Crippen LogP contribution in [0.25, 0.3) is 0 Å². The van der Waals surface area contributed by atoms with Gasteiger partial charge in [0.05, 0.1) is 23.7 Å². The summed E-state index contributed by atoms with van der Waals surface area (Å²) >= 11 is 0. The van der Waals surface area contributed by atoms with Gasteiger partial charge in [-0.25, -0.2) is 17.9 Å². The van der Waals surface area contributed by atoms with E-state index < -0.39 is 16.0 Å².